The fourth-order valence-corrected chi connectivity index (χ4v) is 3.06. The molecular formula is C18H18N8OS. The van der Waals surface area contributed by atoms with Crippen LogP contribution in [0.4, 0.5) is 5.69 Å². The van der Waals surface area contributed by atoms with Crippen LogP contribution in [-0.2, 0) is 11.3 Å². The van der Waals surface area contributed by atoms with E-state index in [1.807, 2.05) is 38.1 Å². The van der Waals surface area contributed by atoms with Crippen LogP contribution < -0.4 is 11.2 Å². The Morgan fingerprint density at radius 1 is 1.21 bits per heavy atom. The summed E-state index contributed by atoms with van der Waals surface area (Å²) in [5.74, 6) is 4.88. The standard InChI is InChI=1S/C18H18N8OS/c1-11-3-4-14(12(2)23-11)21-9-15(24-19)17(27)22-10-16-25-26-18(28-16)13-5-7-20-8-6-13/h3-9H,10,19H2,1-2H3,(H,22,27)/b21-9?,24-15+. The van der Waals surface area contributed by atoms with Crippen molar-refractivity contribution in [3.05, 3.63) is 53.1 Å². The summed E-state index contributed by atoms with van der Waals surface area (Å²) >= 11 is 1.38. The smallest absolute Gasteiger partial charge is 0.273 e. The number of pyridine rings is 2. The first-order chi connectivity index (χ1) is 13.6. The van der Waals surface area contributed by atoms with E-state index in [0.717, 1.165) is 22.0 Å². The summed E-state index contributed by atoms with van der Waals surface area (Å²) in [7, 11) is 0. The van der Waals surface area contributed by atoms with Gasteiger partial charge in [0.15, 0.2) is 5.71 Å². The van der Waals surface area contributed by atoms with Crippen molar-refractivity contribution in [3.63, 3.8) is 0 Å². The van der Waals surface area contributed by atoms with Crippen LogP contribution in [0.5, 0.6) is 0 Å². The Hall–Kier alpha value is -3.53. The van der Waals surface area contributed by atoms with Gasteiger partial charge in [0.05, 0.1) is 24.1 Å². The average molecular weight is 394 g/mol. The lowest BCUT2D eigenvalue weighted by atomic mass is 10.3. The molecule has 142 valence electrons. The van der Waals surface area contributed by atoms with Gasteiger partial charge in [-0.2, -0.15) is 5.10 Å². The van der Waals surface area contributed by atoms with Crippen LogP contribution in [0.15, 0.2) is 46.8 Å². The molecule has 0 aromatic carbocycles. The molecule has 0 aliphatic carbocycles. The number of nitrogens with zero attached hydrogens (tertiary/aromatic N) is 6. The minimum atomic E-state index is -0.454. The molecule has 0 bridgehead atoms. The Bertz CT molecular complexity index is 1030. The van der Waals surface area contributed by atoms with Crippen LogP contribution in [0, 0.1) is 13.8 Å². The lowest BCUT2D eigenvalue weighted by Crippen LogP contribution is -2.32. The van der Waals surface area contributed by atoms with Crippen LogP contribution >= 0.6 is 11.3 Å². The van der Waals surface area contributed by atoms with Crippen LogP contribution in [0.3, 0.4) is 0 Å². The number of carbonyl (C=O) groups excluding carboxylic acids is 1. The molecule has 0 aliphatic rings. The van der Waals surface area contributed by atoms with E-state index in [-0.39, 0.29) is 12.3 Å². The first-order valence-corrected chi connectivity index (χ1v) is 9.15. The van der Waals surface area contributed by atoms with Gasteiger partial charge in [-0.25, -0.2) is 0 Å². The third-order valence-corrected chi connectivity index (χ3v) is 4.66. The quantitative estimate of drug-likeness (QED) is 0.373. The molecule has 9 nitrogen and oxygen atoms in total. The lowest BCUT2D eigenvalue weighted by Gasteiger charge is -2.03. The van der Waals surface area contributed by atoms with Crippen LogP contribution in [0.25, 0.3) is 10.6 Å². The van der Waals surface area contributed by atoms with Crippen LogP contribution in [0.1, 0.15) is 16.4 Å². The van der Waals surface area contributed by atoms with E-state index in [2.05, 4.69) is 35.6 Å². The van der Waals surface area contributed by atoms with Crippen molar-refractivity contribution in [1.82, 2.24) is 25.5 Å². The van der Waals surface area contributed by atoms with Gasteiger partial charge in [0, 0.05) is 23.7 Å². The molecule has 10 heteroatoms. The largest absolute Gasteiger partial charge is 0.344 e. The van der Waals surface area contributed by atoms with E-state index in [1.54, 1.807) is 12.4 Å². The highest BCUT2D eigenvalue weighted by atomic mass is 32.1. The van der Waals surface area contributed by atoms with Crippen molar-refractivity contribution in [2.75, 3.05) is 0 Å². The van der Waals surface area contributed by atoms with Gasteiger partial charge >= 0.3 is 0 Å². The second-order valence-electron chi connectivity index (χ2n) is 5.75. The molecule has 0 fully saturated rings. The Morgan fingerprint density at radius 3 is 2.71 bits per heavy atom. The molecule has 0 aliphatic heterocycles. The maximum atomic E-state index is 12.3. The lowest BCUT2D eigenvalue weighted by molar-refractivity contribution is -0.114. The molecule has 0 spiro atoms. The number of hydrogen-bond acceptors (Lipinski definition) is 9. The van der Waals surface area contributed by atoms with Crippen molar-refractivity contribution in [2.24, 2.45) is 15.9 Å². The van der Waals surface area contributed by atoms with Crippen molar-refractivity contribution in [2.45, 2.75) is 20.4 Å². The topological polar surface area (TPSA) is 131 Å². The molecule has 0 saturated heterocycles. The SMILES string of the molecule is Cc1ccc(N=C/C(=N\N)C(=O)NCc2nnc(-c3ccncc3)s2)c(C)n1. The fourth-order valence-electron chi connectivity index (χ4n) is 2.28. The number of aliphatic imine (C=N–C) groups is 1. The number of nitrogens with two attached hydrogens (primary N) is 1. The number of aryl methyl sites for hydroxylation is 2. The Morgan fingerprint density at radius 2 is 2.00 bits per heavy atom. The molecule has 0 unspecified atom stereocenters. The second-order valence-corrected chi connectivity index (χ2v) is 6.81. The highest BCUT2D eigenvalue weighted by molar-refractivity contribution is 7.14. The van der Waals surface area contributed by atoms with Gasteiger partial charge in [0.1, 0.15) is 10.0 Å². The molecule has 28 heavy (non-hydrogen) atoms. The van der Waals surface area contributed by atoms with Gasteiger partial charge in [-0.3, -0.25) is 19.8 Å². The summed E-state index contributed by atoms with van der Waals surface area (Å²) in [4.78, 5) is 24.8. The molecule has 1 amide bonds. The molecule has 3 N–H and O–H groups in total. The first kappa shape index (κ1) is 19.2. The van der Waals surface area contributed by atoms with E-state index < -0.39 is 5.91 Å². The Balaban J connectivity index is 1.62. The van der Waals surface area contributed by atoms with Gasteiger partial charge in [-0.05, 0) is 38.1 Å². The molecule has 0 atom stereocenters. The summed E-state index contributed by atoms with van der Waals surface area (Å²) in [6.07, 6.45) is 4.69. The second kappa shape index (κ2) is 8.91. The number of nitrogens with one attached hydrogen (secondary N) is 1. The number of hydrogen-bond donors (Lipinski definition) is 2. The van der Waals surface area contributed by atoms with Crippen LogP contribution in [0.2, 0.25) is 0 Å². The summed E-state index contributed by atoms with van der Waals surface area (Å²) in [5, 5.41) is 15.8. The van der Waals surface area contributed by atoms with E-state index >= 15 is 0 Å². The monoisotopic (exact) mass is 394 g/mol. The zero-order valence-electron chi connectivity index (χ0n) is 15.3. The molecular weight excluding hydrogens is 376 g/mol. The highest BCUT2D eigenvalue weighted by Crippen LogP contribution is 2.22. The molecule has 3 heterocycles. The fraction of sp³-hybridized carbons (Fsp3) is 0.167. The molecule has 0 saturated carbocycles. The van der Waals surface area contributed by atoms with E-state index in [4.69, 9.17) is 5.84 Å². The molecule has 3 rings (SSSR count). The number of aromatic nitrogens is 4. The van der Waals surface area contributed by atoms with Crippen molar-refractivity contribution >= 4 is 34.9 Å². The minimum absolute atomic E-state index is 0.00107. The number of amides is 1. The normalized spacial score (nSPS) is 11.7. The number of hydrazone groups is 1. The van der Waals surface area contributed by atoms with Crippen molar-refractivity contribution in [3.8, 4) is 10.6 Å². The average Bonchev–Trinajstić information content (AvgIpc) is 3.18. The van der Waals surface area contributed by atoms with E-state index in [0.29, 0.717) is 10.7 Å². The van der Waals surface area contributed by atoms with Gasteiger partial charge < -0.3 is 11.2 Å². The number of rotatable bonds is 6. The molecule has 3 aromatic heterocycles. The first-order valence-electron chi connectivity index (χ1n) is 8.34. The summed E-state index contributed by atoms with van der Waals surface area (Å²) in [6.45, 7) is 3.95. The van der Waals surface area contributed by atoms with E-state index in [1.165, 1.54) is 17.6 Å². The minimum Gasteiger partial charge on any atom is -0.344 e. The third kappa shape index (κ3) is 4.80. The van der Waals surface area contributed by atoms with Crippen LogP contribution in [-0.4, -0.2) is 38.0 Å². The van der Waals surface area contributed by atoms with Gasteiger partial charge in [-0.1, -0.05) is 11.3 Å². The summed E-state index contributed by atoms with van der Waals surface area (Å²) in [5.41, 5.74) is 3.21. The Labute approximate surface area is 165 Å². The van der Waals surface area contributed by atoms with Gasteiger partial charge in [-0.15, -0.1) is 10.2 Å². The molecule has 0 radical (unpaired) electrons. The van der Waals surface area contributed by atoms with Crippen molar-refractivity contribution in [1.29, 1.82) is 0 Å². The predicted octanol–water partition coefficient (Wildman–Crippen LogP) is 1.95. The zero-order chi connectivity index (χ0) is 19.9. The summed E-state index contributed by atoms with van der Waals surface area (Å²) < 4.78 is 0. The maximum absolute atomic E-state index is 12.3. The maximum Gasteiger partial charge on any atom is 0.273 e. The highest BCUT2D eigenvalue weighted by Gasteiger charge is 2.12. The van der Waals surface area contributed by atoms with Crippen molar-refractivity contribution < 1.29 is 4.79 Å². The van der Waals surface area contributed by atoms with E-state index in [9.17, 15) is 4.79 Å². The Kier molecular flexibility index (Phi) is 6.12. The zero-order valence-corrected chi connectivity index (χ0v) is 16.1. The van der Waals surface area contributed by atoms with Gasteiger partial charge in [0.25, 0.3) is 5.91 Å². The van der Waals surface area contributed by atoms with Gasteiger partial charge in [0.2, 0.25) is 0 Å². The third-order valence-electron chi connectivity index (χ3n) is 3.69. The molecule has 3 aromatic rings. The summed E-state index contributed by atoms with van der Waals surface area (Å²) in [6, 6.07) is 7.36. The predicted molar refractivity (Wildman–Crippen MR) is 108 cm³/mol. The number of carbonyl (C=O) groups is 1.